The van der Waals surface area contributed by atoms with Gasteiger partial charge in [-0.05, 0) is 66.5 Å². The fraction of sp³-hybridized carbons (Fsp3) is 0.217. The normalized spacial score (nSPS) is 11.2. The van der Waals surface area contributed by atoms with Gasteiger partial charge < -0.3 is 10.1 Å². The van der Waals surface area contributed by atoms with Gasteiger partial charge in [-0.15, -0.1) is 0 Å². The summed E-state index contributed by atoms with van der Waals surface area (Å²) in [5, 5.41) is 4.10. The Balaban J connectivity index is 1.71. The Labute approximate surface area is 188 Å². The number of hydrogen-bond donors (Lipinski definition) is 1. The zero-order chi connectivity index (χ0) is 22.1. The predicted octanol–water partition coefficient (Wildman–Crippen LogP) is 5.07. The van der Waals surface area contributed by atoms with Gasteiger partial charge in [-0.2, -0.15) is 0 Å². The third-order valence-corrected chi connectivity index (χ3v) is 5.19. The van der Waals surface area contributed by atoms with Crippen molar-refractivity contribution in [3.63, 3.8) is 0 Å². The average molecular weight is 480 g/mol. The lowest BCUT2D eigenvalue weighted by Crippen LogP contribution is -2.25. The lowest BCUT2D eigenvalue weighted by Gasteiger charge is -2.14. The van der Waals surface area contributed by atoms with Gasteiger partial charge in [0, 0.05) is 36.9 Å². The zero-order valence-electron chi connectivity index (χ0n) is 17.7. The van der Waals surface area contributed by atoms with Crippen LogP contribution in [-0.4, -0.2) is 25.6 Å². The number of rotatable bonds is 5. The van der Waals surface area contributed by atoms with E-state index in [0.717, 1.165) is 16.5 Å². The Hall–Kier alpha value is -3.26. The first-order chi connectivity index (χ1) is 14.8. The smallest absolute Gasteiger partial charge is 0.264 e. The third-order valence-electron chi connectivity index (χ3n) is 4.75. The molecule has 4 aromatic rings. The van der Waals surface area contributed by atoms with Crippen molar-refractivity contribution in [3.8, 4) is 22.8 Å². The number of benzene rings is 1. The van der Waals surface area contributed by atoms with E-state index in [1.54, 1.807) is 25.5 Å². The molecule has 3 aromatic heterocycles. The first-order valence-electron chi connectivity index (χ1n) is 9.85. The summed E-state index contributed by atoms with van der Waals surface area (Å²) in [6.07, 6.45) is 3.26. The van der Waals surface area contributed by atoms with Crippen LogP contribution in [0.3, 0.4) is 0 Å². The fourth-order valence-electron chi connectivity index (χ4n) is 3.28. The van der Waals surface area contributed by atoms with E-state index in [9.17, 15) is 4.79 Å². The highest BCUT2D eigenvalue weighted by molar-refractivity contribution is 9.10. The summed E-state index contributed by atoms with van der Waals surface area (Å²) in [5.41, 5.74) is 2.66. The molecule has 158 valence electrons. The summed E-state index contributed by atoms with van der Waals surface area (Å²) in [6.45, 7) is 5.97. The van der Waals surface area contributed by atoms with E-state index in [1.165, 1.54) is 4.57 Å². The maximum atomic E-state index is 12.9. The van der Waals surface area contributed by atoms with Gasteiger partial charge in [0.05, 0.1) is 16.8 Å². The molecule has 0 aliphatic heterocycles. The summed E-state index contributed by atoms with van der Waals surface area (Å²) >= 11 is 3.35. The molecule has 31 heavy (non-hydrogen) atoms. The zero-order valence-corrected chi connectivity index (χ0v) is 19.3. The molecule has 3 heterocycles. The number of nitrogens with one attached hydrogen (secondary N) is 1. The van der Waals surface area contributed by atoms with Crippen molar-refractivity contribution in [3.05, 3.63) is 69.3 Å². The molecule has 0 unspecified atom stereocenters. The fourth-order valence-corrected chi connectivity index (χ4v) is 3.63. The number of anilines is 1. The number of aromatic nitrogens is 4. The number of pyridine rings is 2. The molecular formula is C23H22BrN5O2. The molecule has 1 aromatic carbocycles. The molecule has 0 amide bonds. The Morgan fingerprint density at radius 2 is 1.90 bits per heavy atom. The van der Waals surface area contributed by atoms with E-state index in [4.69, 9.17) is 9.72 Å². The van der Waals surface area contributed by atoms with E-state index in [0.29, 0.717) is 33.3 Å². The third kappa shape index (κ3) is 4.44. The quantitative estimate of drug-likeness (QED) is 0.402. The highest BCUT2D eigenvalue weighted by Gasteiger charge is 2.13. The van der Waals surface area contributed by atoms with Crippen molar-refractivity contribution in [1.82, 2.24) is 19.5 Å². The minimum Gasteiger partial charge on any atom is -0.457 e. The van der Waals surface area contributed by atoms with Crippen molar-refractivity contribution >= 4 is 32.8 Å². The van der Waals surface area contributed by atoms with E-state index >= 15 is 0 Å². The second-order valence-electron chi connectivity index (χ2n) is 7.58. The van der Waals surface area contributed by atoms with Crippen LogP contribution in [0.15, 0.2) is 58.2 Å². The van der Waals surface area contributed by atoms with Gasteiger partial charge in [0.2, 0.25) is 5.95 Å². The molecule has 4 rings (SSSR count). The number of ether oxygens (including phenoxy) is 1. The summed E-state index contributed by atoms with van der Waals surface area (Å²) in [5.74, 6) is 1.93. The number of hydrogen-bond acceptors (Lipinski definition) is 6. The van der Waals surface area contributed by atoms with Gasteiger partial charge in [-0.25, -0.2) is 15.0 Å². The molecule has 1 N–H and O–H groups in total. The van der Waals surface area contributed by atoms with Crippen LogP contribution in [0.4, 0.5) is 5.95 Å². The van der Waals surface area contributed by atoms with Gasteiger partial charge in [0.1, 0.15) is 16.1 Å². The van der Waals surface area contributed by atoms with Gasteiger partial charge in [-0.1, -0.05) is 6.07 Å². The Morgan fingerprint density at radius 3 is 2.65 bits per heavy atom. The molecule has 0 saturated heterocycles. The first kappa shape index (κ1) is 21.0. The van der Waals surface area contributed by atoms with Crippen LogP contribution >= 0.6 is 15.9 Å². The van der Waals surface area contributed by atoms with Gasteiger partial charge in [-0.3, -0.25) is 9.36 Å². The summed E-state index contributed by atoms with van der Waals surface area (Å²) < 4.78 is 8.19. The predicted molar refractivity (Wildman–Crippen MR) is 126 cm³/mol. The molecular weight excluding hydrogens is 458 g/mol. The van der Waals surface area contributed by atoms with E-state index < -0.39 is 0 Å². The van der Waals surface area contributed by atoms with E-state index in [1.807, 2.05) is 51.1 Å². The molecule has 0 aliphatic rings. The maximum absolute atomic E-state index is 12.9. The molecule has 8 heteroatoms. The van der Waals surface area contributed by atoms with Crippen molar-refractivity contribution < 1.29 is 4.74 Å². The standard InChI is InChI=1S/C23H22BrN5O2/c1-13(2)27-23-26-12-18(22(30)29(23)4)19-6-5-15-10-17(9-14(3)21(15)28-19)31-16-7-8-25-20(24)11-16/h5-13H,1-4H3,(H,26,27). The molecule has 0 spiro atoms. The van der Waals surface area contributed by atoms with Gasteiger partial charge in [0.25, 0.3) is 5.56 Å². The SMILES string of the molecule is Cc1cc(Oc2ccnc(Br)c2)cc2ccc(-c3cnc(NC(C)C)n(C)c3=O)nc12. The molecule has 0 radical (unpaired) electrons. The molecule has 0 bridgehead atoms. The minimum atomic E-state index is -0.147. The minimum absolute atomic E-state index is 0.147. The Kier molecular flexibility index (Phi) is 5.73. The van der Waals surface area contributed by atoms with Gasteiger partial charge in [0.15, 0.2) is 0 Å². The highest BCUT2D eigenvalue weighted by Crippen LogP contribution is 2.29. The lowest BCUT2D eigenvalue weighted by molar-refractivity contribution is 0.482. The molecule has 7 nitrogen and oxygen atoms in total. The topological polar surface area (TPSA) is 81.9 Å². The van der Waals surface area contributed by atoms with Crippen molar-refractivity contribution in [2.45, 2.75) is 26.8 Å². The van der Waals surface area contributed by atoms with E-state index in [-0.39, 0.29) is 11.6 Å². The van der Waals surface area contributed by atoms with Crippen LogP contribution in [0.2, 0.25) is 0 Å². The monoisotopic (exact) mass is 479 g/mol. The van der Waals surface area contributed by atoms with Crippen LogP contribution < -0.4 is 15.6 Å². The molecule has 0 aliphatic carbocycles. The Bertz CT molecular complexity index is 1330. The van der Waals surface area contributed by atoms with Crippen molar-refractivity contribution in [2.75, 3.05) is 5.32 Å². The maximum Gasteiger partial charge on any atom is 0.264 e. The number of aryl methyl sites for hydroxylation is 1. The summed E-state index contributed by atoms with van der Waals surface area (Å²) in [4.78, 5) is 26.2. The van der Waals surface area contributed by atoms with Crippen LogP contribution in [0.25, 0.3) is 22.2 Å². The molecule has 0 saturated carbocycles. The van der Waals surface area contributed by atoms with Crippen molar-refractivity contribution in [2.24, 2.45) is 7.05 Å². The van der Waals surface area contributed by atoms with Crippen LogP contribution in [0.5, 0.6) is 11.5 Å². The largest absolute Gasteiger partial charge is 0.457 e. The number of halogens is 1. The van der Waals surface area contributed by atoms with Crippen molar-refractivity contribution in [1.29, 1.82) is 0 Å². The van der Waals surface area contributed by atoms with Gasteiger partial charge >= 0.3 is 0 Å². The summed E-state index contributed by atoms with van der Waals surface area (Å²) in [6, 6.07) is 11.4. The number of nitrogens with zero attached hydrogens (tertiary/aromatic N) is 4. The molecule has 0 atom stereocenters. The second-order valence-corrected chi connectivity index (χ2v) is 8.40. The van der Waals surface area contributed by atoms with E-state index in [2.05, 4.69) is 31.2 Å². The highest BCUT2D eigenvalue weighted by atomic mass is 79.9. The molecule has 0 fully saturated rings. The van der Waals surface area contributed by atoms with Crippen LogP contribution in [0.1, 0.15) is 19.4 Å². The average Bonchev–Trinajstić information content (AvgIpc) is 2.71. The van der Waals surface area contributed by atoms with Crippen LogP contribution in [0, 0.1) is 6.92 Å². The second kappa shape index (κ2) is 8.47. The number of fused-ring (bicyclic) bond motifs is 1. The first-order valence-corrected chi connectivity index (χ1v) is 10.6. The van der Waals surface area contributed by atoms with Crippen LogP contribution in [-0.2, 0) is 7.05 Å². The summed E-state index contributed by atoms with van der Waals surface area (Å²) in [7, 11) is 1.71. The lowest BCUT2D eigenvalue weighted by atomic mass is 10.1. The Morgan fingerprint density at radius 1 is 1.10 bits per heavy atom.